The molecule has 2 aromatic carbocycles. The smallest absolute Gasteiger partial charge is 0.236 e. The van der Waals surface area contributed by atoms with E-state index < -0.39 is 0 Å². The number of amides is 1. The summed E-state index contributed by atoms with van der Waals surface area (Å²) in [4.78, 5) is 20.3. The number of carbonyl (C=O) groups excluding carboxylic acids is 1. The highest BCUT2D eigenvalue weighted by molar-refractivity contribution is 5.92. The Labute approximate surface area is 225 Å². The Bertz CT molecular complexity index is 1660. The van der Waals surface area contributed by atoms with Crippen LogP contribution in [0, 0.1) is 5.82 Å². The van der Waals surface area contributed by atoms with Crippen molar-refractivity contribution >= 4 is 28.1 Å². The van der Waals surface area contributed by atoms with Crippen LogP contribution >= 0.6 is 0 Å². The van der Waals surface area contributed by atoms with Crippen molar-refractivity contribution in [1.29, 1.82) is 0 Å². The molecule has 0 aliphatic carbocycles. The number of fused-ring (bicyclic) bond motifs is 2. The normalized spacial score (nSPS) is 14.8. The van der Waals surface area contributed by atoms with Gasteiger partial charge in [0.2, 0.25) is 5.91 Å². The highest BCUT2D eigenvalue weighted by Crippen LogP contribution is 2.37. The second kappa shape index (κ2) is 10.1. The van der Waals surface area contributed by atoms with Crippen LogP contribution in [0.3, 0.4) is 0 Å². The van der Waals surface area contributed by atoms with Crippen molar-refractivity contribution in [2.24, 2.45) is 0 Å². The number of nitrogens with zero attached hydrogens (tertiary/aromatic N) is 7. The molecule has 39 heavy (non-hydrogen) atoms. The number of piperidine rings is 1. The number of likely N-dealkylation sites (tertiary alicyclic amines) is 1. The van der Waals surface area contributed by atoms with Gasteiger partial charge >= 0.3 is 0 Å². The Kier molecular flexibility index (Phi) is 6.48. The first-order valence-electron chi connectivity index (χ1n) is 13.1. The van der Waals surface area contributed by atoms with Gasteiger partial charge in [-0.25, -0.2) is 13.9 Å². The lowest BCUT2D eigenvalue weighted by molar-refractivity contribution is -0.130. The maximum Gasteiger partial charge on any atom is 0.236 e. The van der Waals surface area contributed by atoms with Crippen molar-refractivity contribution in [2.45, 2.75) is 25.3 Å². The Balaban J connectivity index is 1.30. The van der Waals surface area contributed by atoms with E-state index in [2.05, 4.69) is 27.1 Å². The molecule has 1 aliphatic heterocycles. The summed E-state index contributed by atoms with van der Waals surface area (Å²) in [5.74, 6) is 0.590. The monoisotopic (exact) mass is 526 g/mol. The van der Waals surface area contributed by atoms with Gasteiger partial charge in [-0.05, 0) is 49.7 Å². The van der Waals surface area contributed by atoms with Gasteiger partial charge in [-0.2, -0.15) is 10.2 Å². The van der Waals surface area contributed by atoms with E-state index in [1.807, 2.05) is 28.9 Å². The predicted molar refractivity (Wildman–Crippen MR) is 149 cm³/mol. The molecule has 0 spiro atoms. The Hall–Kier alpha value is -4.31. The summed E-state index contributed by atoms with van der Waals surface area (Å²) in [5.41, 5.74) is 11.6. The summed E-state index contributed by atoms with van der Waals surface area (Å²) in [6.45, 7) is 2.49. The Morgan fingerprint density at radius 1 is 1.13 bits per heavy atom. The first-order chi connectivity index (χ1) is 18.9. The van der Waals surface area contributed by atoms with E-state index in [9.17, 15) is 9.18 Å². The molecule has 4 heterocycles. The zero-order valence-corrected chi connectivity index (χ0v) is 22.1. The van der Waals surface area contributed by atoms with E-state index in [0.29, 0.717) is 24.5 Å². The number of likely N-dealkylation sites (N-methyl/N-ethyl adjacent to an activating group) is 1. The second-order valence-corrected chi connectivity index (χ2v) is 10.4. The van der Waals surface area contributed by atoms with Gasteiger partial charge in [0.05, 0.1) is 18.6 Å². The van der Waals surface area contributed by atoms with Crippen molar-refractivity contribution in [3.63, 3.8) is 0 Å². The molecule has 10 heteroatoms. The van der Waals surface area contributed by atoms with Crippen LogP contribution in [-0.4, -0.2) is 73.8 Å². The molecule has 3 aromatic heterocycles. The highest BCUT2D eigenvalue weighted by Gasteiger charge is 2.27. The van der Waals surface area contributed by atoms with Crippen molar-refractivity contribution in [2.75, 3.05) is 39.5 Å². The van der Waals surface area contributed by atoms with E-state index in [1.165, 1.54) is 12.4 Å². The van der Waals surface area contributed by atoms with E-state index in [4.69, 9.17) is 10.8 Å². The average molecular weight is 527 g/mol. The maximum atomic E-state index is 14.2. The van der Waals surface area contributed by atoms with E-state index >= 15 is 0 Å². The quantitative estimate of drug-likeness (QED) is 0.362. The number of benzene rings is 2. The number of carbonyl (C=O) groups is 1. The summed E-state index contributed by atoms with van der Waals surface area (Å²) < 4.78 is 17.9. The summed E-state index contributed by atoms with van der Waals surface area (Å²) in [6, 6.07) is 15.0. The fourth-order valence-electron chi connectivity index (χ4n) is 5.44. The summed E-state index contributed by atoms with van der Waals surface area (Å²) >= 11 is 0. The lowest BCUT2D eigenvalue weighted by Gasteiger charge is -2.31. The molecule has 1 amide bonds. The first kappa shape index (κ1) is 25.0. The summed E-state index contributed by atoms with van der Waals surface area (Å²) in [5, 5.41) is 10.3. The van der Waals surface area contributed by atoms with Crippen LogP contribution in [0.15, 0.2) is 61.1 Å². The highest BCUT2D eigenvalue weighted by atomic mass is 19.1. The molecular formula is C29H31FN8O. The Morgan fingerprint density at radius 2 is 1.92 bits per heavy atom. The number of aromatic nitrogens is 5. The van der Waals surface area contributed by atoms with Crippen molar-refractivity contribution in [3.05, 3.63) is 78.1 Å². The maximum absolute atomic E-state index is 14.2. The molecule has 2 N–H and O–H groups in total. The first-order valence-corrected chi connectivity index (χ1v) is 13.1. The number of nitrogen functional groups attached to an aromatic ring is 1. The standard InChI is InChI=1S/C29H31FN8O/c1-35(2)27(39)17-36-11-9-19(10-12-36)26-14-23(28-29(31)32-18-33-38(26)28)20-7-8-22-16-37(34-25(22)13-20)15-21-5-3-4-6-24(21)30/h3-8,13-14,16,18-19H,9-12,15,17H2,1-2H3,(H2,31,32,33). The van der Waals surface area contributed by atoms with Gasteiger partial charge in [0, 0.05) is 48.4 Å². The zero-order chi connectivity index (χ0) is 27.1. The molecule has 200 valence electrons. The molecule has 1 fully saturated rings. The van der Waals surface area contributed by atoms with Crippen LogP contribution in [-0.2, 0) is 11.3 Å². The van der Waals surface area contributed by atoms with Gasteiger partial charge < -0.3 is 10.6 Å². The third-order valence-electron chi connectivity index (χ3n) is 7.63. The molecular weight excluding hydrogens is 495 g/mol. The van der Waals surface area contributed by atoms with Crippen LogP contribution in [0.5, 0.6) is 0 Å². The van der Waals surface area contributed by atoms with E-state index in [1.54, 1.807) is 35.8 Å². The lowest BCUT2D eigenvalue weighted by Crippen LogP contribution is -2.40. The number of nitrogens with two attached hydrogens (primary N) is 1. The van der Waals surface area contributed by atoms with Crippen molar-refractivity contribution < 1.29 is 9.18 Å². The number of anilines is 1. The van der Waals surface area contributed by atoms with Gasteiger partial charge in [-0.3, -0.25) is 14.4 Å². The molecule has 1 aliphatic rings. The van der Waals surface area contributed by atoms with Crippen LogP contribution in [0.1, 0.15) is 30.0 Å². The van der Waals surface area contributed by atoms with Gasteiger partial charge in [-0.15, -0.1) is 0 Å². The largest absolute Gasteiger partial charge is 0.382 e. The predicted octanol–water partition coefficient (Wildman–Crippen LogP) is 3.78. The van der Waals surface area contributed by atoms with Crippen LogP contribution in [0.4, 0.5) is 10.2 Å². The number of halogens is 1. The average Bonchev–Trinajstić information content (AvgIpc) is 3.52. The minimum Gasteiger partial charge on any atom is -0.382 e. The molecule has 0 unspecified atom stereocenters. The lowest BCUT2D eigenvalue weighted by atomic mass is 9.93. The fraction of sp³-hybridized carbons (Fsp3) is 0.310. The molecule has 0 bridgehead atoms. The minimum absolute atomic E-state index is 0.121. The molecule has 9 nitrogen and oxygen atoms in total. The van der Waals surface area contributed by atoms with Gasteiger partial charge in [0.25, 0.3) is 0 Å². The molecule has 0 radical (unpaired) electrons. The van der Waals surface area contributed by atoms with Crippen molar-refractivity contribution in [3.8, 4) is 11.1 Å². The third kappa shape index (κ3) is 4.83. The van der Waals surface area contributed by atoms with Crippen molar-refractivity contribution in [1.82, 2.24) is 34.2 Å². The number of hydrogen-bond donors (Lipinski definition) is 1. The number of rotatable bonds is 6. The van der Waals surface area contributed by atoms with Crippen LogP contribution in [0.2, 0.25) is 0 Å². The topological polar surface area (TPSA) is 97.6 Å². The van der Waals surface area contributed by atoms with Crippen LogP contribution < -0.4 is 5.73 Å². The molecule has 0 atom stereocenters. The van der Waals surface area contributed by atoms with E-state index in [-0.39, 0.29) is 17.6 Å². The van der Waals surface area contributed by atoms with Gasteiger partial charge in [-0.1, -0.05) is 30.3 Å². The molecule has 1 saturated heterocycles. The molecule has 5 aromatic rings. The van der Waals surface area contributed by atoms with E-state index in [0.717, 1.165) is 59.2 Å². The summed E-state index contributed by atoms with van der Waals surface area (Å²) in [6.07, 6.45) is 5.28. The molecule has 0 saturated carbocycles. The minimum atomic E-state index is -0.240. The van der Waals surface area contributed by atoms with Gasteiger partial charge in [0.1, 0.15) is 17.7 Å². The fourth-order valence-corrected chi connectivity index (χ4v) is 5.44. The zero-order valence-electron chi connectivity index (χ0n) is 22.1. The second-order valence-electron chi connectivity index (χ2n) is 10.4. The Morgan fingerprint density at radius 3 is 2.69 bits per heavy atom. The van der Waals surface area contributed by atoms with Crippen LogP contribution in [0.25, 0.3) is 27.5 Å². The summed E-state index contributed by atoms with van der Waals surface area (Å²) in [7, 11) is 3.58. The third-order valence-corrected chi connectivity index (χ3v) is 7.63. The molecule has 6 rings (SSSR count). The SMILES string of the molecule is CN(C)C(=O)CN1CCC(c2cc(-c3ccc4cn(Cc5ccccc5F)nc4c3)c3c(N)ncnn23)CC1. The number of hydrogen-bond acceptors (Lipinski definition) is 6. The van der Waals surface area contributed by atoms with Gasteiger partial charge in [0.15, 0.2) is 5.82 Å².